The van der Waals surface area contributed by atoms with Gasteiger partial charge in [-0.3, -0.25) is 14.5 Å². The van der Waals surface area contributed by atoms with E-state index in [2.05, 4.69) is 5.32 Å². The Kier molecular flexibility index (Phi) is 7.54. The Bertz CT molecular complexity index is 816. The molecule has 0 aromatic heterocycles. The predicted molar refractivity (Wildman–Crippen MR) is 110 cm³/mol. The summed E-state index contributed by atoms with van der Waals surface area (Å²) in [6.45, 7) is 5.10. The number of benzene rings is 2. The van der Waals surface area contributed by atoms with Gasteiger partial charge in [0.05, 0.1) is 0 Å². The van der Waals surface area contributed by atoms with Crippen molar-refractivity contribution >= 4 is 29.1 Å². The second-order valence-corrected chi connectivity index (χ2v) is 6.95. The van der Waals surface area contributed by atoms with Gasteiger partial charge < -0.3 is 10.2 Å². The van der Waals surface area contributed by atoms with Gasteiger partial charge in [0, 0.05) is 34.9 Å². The first-order valence-corrected chi connectivity index (χ1v) is 9.48. The molecule has 28 heavy (non-hydrogen) atoms. The number of anilines is 1. The van der Waals surface area contributed by atoms with Gasteiger partial charge >= 0.3 is 0 Å². The van der Waals surface area contributed by atoms with E-state index in [0.717, 1.165) is 0 Å². The van der Waals surface area contributed by atoms with Crippen molar-refractivity contribution in [3.05, 3.63) is 64.4 Å². The zero-order chi connectivity index (χ0) is 20.8. The summed E-state index contributed by atoms with van der Waals surface area (Å²) in [6, 6.07) is 10.1. The first-order valence-electron chi connectivity index (χ1n) is 9.10. The van der Waals surface area contributed by atoms with Crippen molar-refractivity contribution in [3.8, 4) is 0 Å². The molecule has 0 spiro atoms. The maximum atomic E-state index is 14.3. The van der Waals surface area contributed by atoms with Crippen LogP contribution in [0.4, 0.5) is 10.1 Å². The van der Waals surface area contributed by atoms with E-state index in [1.165, 1.54) is 12.1 Å². The molecule has 0 aliphatic carbocycles. The van der Waals surface area contributed by atoms with Crippen molar-refractivity contribution in [1.82, 2.24) is 9.80 Å². The van der Waals surface area contributed by atoms with Crippen molar-refractivity contribution in [1.29, 1.82) is 0 Å². The standard InChI is InChI=1S/C21H25ClFN3O2/c1-5-26(6-2)21(28)14-10-12-15(13-11-14)24-20(27)19(25(3)4)18-16(22)8-7-9-17(18)23/h7-13,19H,5-6H2,1-4H3,(H,24,27). The number of likely N-dealkylation sites (N-methyl/N-ethyl adjacent to an activating group) is 1. The van der Waals surface area contributed by atoms with Crippen molar-refractivity contribution in [3.63, 3.8) is 0 Å². The van der Waals surface area contributed by atoms with Crippen molar-refractivity contribution in [2.45, 2.75) is 19.9 Å². The molecule has 2 aromatic carbocycles. The monoisotopic (exact) mass is 405 g/mol. The van der Waals surface area contributed by atoms with Gasteiger partial charge in [-0.2, -0.15) is 0 Å². The van der Waals surface area contributed by atoms with Gasteiger partial charge in [0.25, 0.3) is 5.91 Å². The fourth-order valence-electron chi connectivity index (χ4n) is 3.00. The van der Waals surface area contributed by atoms with Crippen LogP contribution in [0.15, 0.2) is 42.5 Å². The highest BCUT2D eigenvalue weighted by Gasteiger charge is 2.28. The van der Waals surface area contributed by atoms with E-state index in [1.807, 2.05) is 13.8 Å². The number of nitrogens with zero attached hydrogens (tertiary/aromatic N) is 2. The van der Waals surface area contributed by atoms with Crippen LogP contribution in [0.2, 0.25) is 5.02 Å². The van der Waals surface area contributed by atoms with E-state index in [9.17, 15) is 14.0 Å². The molecular formula is C21H25ClFN3O2. The Labute approximate surface area is 170 Å². The highest BCUT2D eigenvalue weighted by molar-refractivity contribution is 6.31. The Morgan fingerprint density at radius 2 is 1.68 bits per heavy atom. The summed E-state index contributed by atoms with van der Waals surface area (Å²) in [7, 11) is 3.36. The minimum absolute atomic E-state index is 0.0628. The minimum Gasteiger partial charge on any atom is -0.339 e. The van der Waals surface area contributed by atoms with Gasteiger partial charge in [0.15, 0.2) is 0 Å². The molecule has 5 nitrogen and oxygen atoms in total. The molecule has 1 atom stereocenters. The number of rotatable bonds is 7. The summed E-state index contributed by atoms with van der Waals surface area (Å²) < 4.78 is 14.3. The third kappa shape index (κ3) is 4.88. The first-order chi connectivity index (χ1) is 13.3. The van der Waals surface area contributed by atoms with Crippen LogP contribution in [0.3, 0.4) is 0 Å². The van der Waals surface area contributed by atoms with Gasteiger partial charge in [-0.1, -0.05) is 17.7 Å². The van der Waals surface area contributed by atoms with Crippen LogP contribution in [0.5, 0.6) is 0 Å². The number of amides is 2. The summed E-state index contributed by atoms with van der Waals surface area (Å²) in [5.74, 6) is -1.02. The van der Waals surface area contributed by atoms with Crippen LogP contribution in [0.25, 0.3) is 0 Å². The van der Waals surface area contributed by atoms with Crippen molar-refractivity contribution < 1.29 is 14.0 Å². The highest BCUT2D eigenvalue weighted by Crippen LogP contribution is 2.30. The Balaban J connectivity index is 2.22. The lowest BCUT2D eigenvalue weighted by molar-refractivity contribution is -0.120. The molecule has 2 amide bonds. The molecule has 0 saturated carbocycles. The SMILES string of the molecule is CCN(CC)C(=O)c1ccc(NC(=O)C(c2c(F)cccc2Cl)N(C)C)cc1. The highest BCUT2D eigenvalue weighted by atomic mass is 35.5. The number of nitrogens with one attached hydrogen (secondary N) is 1. The maximum absolute atomic E-state index is 14.3. The summed E-state index contributed by atoms with van der Waals surface area (Å²) in [4.78, 5) is 28.5. The predicted octanol–water partition coefficient (Wildman–Crippen LogP) is 4.20. The zero-order valence-electron chi connectivity index (χ0n) is 16.5. The molecular weight excluding hydrogens is 381 g/mol. The quantitative estimate of drug-likeness (QED) is 0.751. The van der Waals surface area contributed by atoms with Gasteiger partial charge in [-0.25, -0.2) is 4.39 Å². The molecule has 0 aliphatic rings. The summed E-state index contributed by atoms with van der Waals surface area (Å²) >= 11 is 6.14. The third-order valence-corrected chi connectivity index (χ3v) is 4.82. The molecule has 0 heterocycles. The fourth-order valence-corrected chi connectivity index (χ4v) is 3.26. The second-order valence-electron chi connectivity index (χ2n) is 6.55. The van der Waals surface area contributed by atoms with Crippen LogP contribution in [-0.4, -0.2) is 48.8 Å². The van der Waals surface area contributed by atoms with Crippen LogP contribution in [0.1, 0.15) is 35.8 Å². The smallest absolute Gasteiger partial charge is 0.253 e. The van der Waals surface area contributed by atoms with Crippen LogP contribution >= 0.6 is 11.6 Å². The van der Waals surface area contributed by atoms with Gasteiger partial charge in [-0.05, 0) is 64.3 Å². The molecule has 2 rings (SSSR count). The molecule has 150 valence electrons. The average Bonchev–Trinajstić information content (AvgIpc) is 2.65. The number of carbonyl (C=O) groups excluding carboxylic acids is 2. The number of hydrogen-bond acceptors (Lipinski definition) is 3. The molecule has 0 radical (unpaired) electrons. The molecule has 0 bridgehead atoms. The fraction of sp³-hybridized carbons (Fsp3) is 0.333. The lowest BCUT2D eigenvalue weighted by Crippen LogP contribution is -2.33. The first kappa shape index (κ1) is 21.9. The Morgan fingerprint density at radius 3 is 2.18 bits per heavy atom. The van der Waals surface area contributed by atoms with Gasteiger partial charge in [0.1, 0.15) is 11.9 Å². The molecule has 2 aromatic rings. The van der Waals surface area contributed by atoms with E-state index in [1.54, 1.807) is 54.2 Å². The van der Waals surface area contributed by atoms with E-state index in [-0.39, 0.29) is 16.5 Å². The maximum Gasteiger partial charge on any atom is 0.253 e. The molecule has 7 heteroatoms. The molecule has 0 saturated heterocycles. The minimum atomic E-state index is -0.898. The van der Waals surface area contributed by atoms with Crippen molar-refractivity contribution in [2.75, 3.05) is 32.5 Å². The lowest BCUT2D eigenvalue weighted by atomic mass is 10.0. The molecule has 0 aliphatic heterocycles. The van der Waals surface area contributed by atoms with Crippen LogP contribution in [-0.2, 0) is 4.79 Å². The van der Waals surface area contributed by atoms with E-state index >= 15 is 0 Å². The number of hydrogen-bond donors (Lipinski definition) is 1. The normalized spacial score (nSPS) is 12.0. The van der Waals surface area contributed by atoms with Crippen LogP contribution in [0, 0.1) is 5.82 Å². The summed E-state index contributed by atoms with van der Waals surface area (Å²) in [6.07, 6.45) is 0. The summed E-state index contributed by atoms with van der Waals surface area (Å²) in [5.41, 5.74) is 1.18. The third-order valence-electron chi connectivity index (χ3n) is 4.49. The van der Waals surface area contributed by atoms with Gasteiger partial charge in [-0.15, -0.1) is 0 Å². The van der Waals surface area contributed by atoms with Crippen molar-refractivity contribution in [2.24, 2.45) is 0 Å². The lowest BCUT2D eigenvalue weighted by Gasteiger charge is -2.25. The Hall–Kier alpha value is -2.44. The molecule has 0 fully saturated rings. The summed E-state index contributed by atoms with van der Waals surface area (Å²) in [5, 5.41) is 2.96. The van der Waals surface area contributed by atoms with E-state index < -0.39 is 17.8 Å². The molecule has 1 N–H and O–H groups in total. The Morgan fingerprint density at radius 1 is 1.07 bits per heavy atom. The van der Waals surface area contributed by atoms with Crippen LogP contribution < -0.4 is 5.32 Å². The largest absolute Gasteiger partial charge is 0.339 e. The van der Waals surface area contributed by atoms with Gasteiger partial charge in [0.2, 0.25) is 5.91 Å². The average molecular weight is 406 g/mol. The van der Waals surface area contributed by atoms with E-state index in [0.29, 0.717) is 24.3 Å². The number of halogens is 2. The molecule has 1 unspecified atom stereocenters. The topological polar surface area (TPSA) is 52.7 Å². The second kappa shape index (κ2) is 9.66. The number of carbonyl (C=O) groups is 2. The van der Waals surface area contributed by atoms with E-state index in [4.69, 9.17) is 11.6 Å². The zero-order valence-corrected chi connectivity index (χ0v) is 17.3.